The van der Waals surface area contributed by atoms with E-state index in [1.807, 2.05) is 72.9 Å². The molecule has 1 aliphatic heterocycles. The molecule has 1 amide bonds. The fourth-order valence-electron chi connectivity index (χ4n) is 4.66. The maximum Gasteiger partial charge on any atom is 0.226 e. The normalized spacial score (nSPS) is 16.9. The third-order valence-corrected chi connectivity index (χ3v) is 6.74. The van der Waals surface area contributed by atoms with Crippen molar-refractivity contribution in [3.05, 3.63) is 108 Å². The van der Waals surface area contributed by atoms with Gasteiger partial charge in [0, 0.05) is 37.3 Å². The average molecular weight is 513 g/mol. The van der Waals surface area contributed by atoms with E-state index in [9.17, 15) is 4.79 Å². The van der Waals surface area contributed by atoms with Gasteiger partial charge in [0.1, 0.15) is 5.75 Å². The summed E-state index contributed by atoms with van der Waals surface area (Å²) in [5, 5.41) is 7.01. The van der Waals surface area contributed by atoms with Gasteiger partial charge in [-0.2, -0.15) is 0 Å². The van der Waals surface area contributed by atoms with Gasteiger partial charge >= 0.3 is 0 Å². The fourth-order valence-corrected chi connectivity index (χ4v) is 4.99. The van der Waals surface area contributed by atoms with E-state index >= 15 is 0 Å². The molecule has 5 rings (SSSR count). The van der Waals surface area contributed by atoms with Crippen molar-refractivity contribution in [2.45, 2.75) is 25.0 Å². The first-order chi connectivity index (χ1) is 18.1. The van der Waals surface area contributed by atoms with Crippen molar-refractivity contribution in [2.75, 3.05) is 19.0 Å². The van der Waals surface area contributed by atoms with Gasteiger partial charge in [0.25, 0.3) is 0 Å². The molecular weight excluding hydrogens is 484 g/mol. The van der Waals surface area contributed by atoms with Crippen LogP contribution in [0.15, 0.2) is 91.4 Å². The van der Waals surface area contributed by atoms with Crippen molar-refractivity contribution >= 4 is 28.9 Å². The average Bonchev–Trinajstić information content (AvgIpc) is 3.52. The van der Waals surface area contributed by atoms with Crippen LogP contribution in [0.4, 0.5) is 5.69 Å². The molecule has 8 nitrogen and oxygen atoms in total. The number of hydrogen-bond donors (Lipinski definition) is 2. The minimum absolute atomic E-state index is 0.115. The number of anilines is 1. The number of thiocarbonyl (C=S) groups is 1. The number of benzene rings is 1. The summed E-state index contributed by atoms with van der Waals surface area (Å²) in [7, 11) is 1.59. The lowest BCUT2D eigenvalue weighted by Gasteiger charge is -2.28. The lowest BCUT2D eigenvalue weighted by Crippen LogP contribution is -2.33. The number of carbonyl (C=O) groups is 1. The Kier molecular flexibility index (Phi) is 7.41. The van der Waals surface area contributed by atoms with Crippen LogP contribution in [0.3, 0.4) is 0 Å². The second-order valence-electron chi connectivity index (χ2n) is 8.70. The Morgan fingerprint density at radius 1 is 1.03 bits per heavy atom. The predicted molar refractivity (Wildman–Crippen MR) is 146 cm³/mol. The zero-order valence-corrected chi connectivity index (χ0v) is 21.3. The number of nitrogens with one attached hydrogen (secondary N) is 2. The van der Waals surface area contributed by atoms with Crippen LogP contribution in [-0.4, -0.2) is 44.1 Å². The molecule has 2 N–H and O–H groups in total. The minimum atomic E-state index is -0.164. The molecule has 1 aliphatic rings. The molecule has 37 heavy (non-hydrogen) atoms. The maximum atomic E-state index is 12.9. The number of methoxy groups -OCH3 is 1. The van der Waals surface area contributed by atoms with Crippen LogP contribution in [0.1, 0.15) is 35.6 Å². The largest absolute Gasteiger partial charge is 0.495 e. The molecular formula is C28H28N6O2S. The van der Waals surface area contributed by atoms with Crippen molar-refractivity contribution < 1.29 is 9.53 Å². The molecule has 4 heterocycles. The molecule has 2 atom stereocenters. The molecule has 1 saturated heterocycles. The van der Waals surface area contributed by atoms with Gasteiger partial charge in [-0.05, 0) is 60.7 Å². The highest BCUT2D eigenvalue weighted by molar-refractivity contribution is 7.80. The summed E-state index contributed by atoms with van der Waals surface area (Å²) in [6.45, 7) is 1.07. The molecule has 0 bridgehead atoms. The third kappa shape index (κ3) is 5.46. The van der Waals surface area contributed by atoms with Gasteiger partial charge in [-0.1, -0.05) is 24.3 Å². The highest BCUT2D eigenvalue weighted by Gasteiger charge is 2.41. The summed E-state index contributed by atoms with van der Waals surface area (Å²) in [6.07, 6.45) is 5.89. The first-order valence-corrected chi connectivity index (χ1v) is 12.5. The van der Waals surface area contributed by atoms with Crippen molar-refractivity contribution in [2.24, 2.45) is 0 Å². The van der Waals surface area contributed by atoms with Gasteiger partial charge in [0.05, 0.1) is 42.8 Å². The van der Waals surface area contributed by atoms with Gasteiger partial charge in [-0.15, -0.1) is 0 Å². The molecule has 0 aliphatic carbocycles. The highest BCUT2D eigenvalue weighted by Crippen LogP contribution is 2.39. The van der Waals surface area contributed by atoms with E-state index in [4.69, 9.17) is 17.0 Å². The highest BCUT2D eigenvalue weighted by atomic mass is 32.1. The van der Waals surface area contributed by atoms with Gasteiger partial charge in [-0.25, -0.2) is 0 Å². The number of rotatable bonds is 9. The fraction of sp³-hybridized carbons (Fsp3) is 0.214. The smallest absolute Gasteiger partial charge is 0.226 e. The lowest BCUT2D eigenvalue weighted by atomic mass is 10.0. The predicted octanol–water partition coefficient (Wildman–Crippen LogP) is 4.34. The van der Waals surface area contributed by atoms with Crippen LogP contribution in [0, 0.1) is 0 Å². The third-order valence-electron chi connectivity index (χ3n) is 6.38. The van der Waals surface area contributed by atoms with Gasteiger partial charge in [0.15, 0.2) is 5.11 Å². The maximum absolute atomic E-state index is 12.9. The number of ether oxygens (including phenoxy) is 1. The second-order valence-corrected chi connectivity index (χ2v) is 9.09. The van der Waals surface area contributed by atoms with Gasteiger partial charge < -0.3 is 24.8 Å². The Labute approximate surface area is 221 Å². The van der Waals surface area contributed by atoms with Crippen LogP contribution in [0.5, 0.6) is 5.75 Å². The Bertz CT molecular complexity index is 1360. The number of para-hydroxylation sites is 2. The van der Waals surface area contributed by atoms with Crippen LogP contribution >= 0.6 is 12.2 Å². The number of amides is 1. The van der Waals surface area contributed by atoms with E-state index in [2.05, 4.69) is 36.1 Å². The van der Waals surface area contributed by atoms with E-state index < -0.39 is 0 Å². The number of aromatic nitrogens is 3. The zero-order chi connectivity index (χ0) is 25.6. The van der Waals surface area contributed by atoms with Gasteiger partial charge in [0.2, 0.25) is 5.91 Å². The van der Waals surface area contributed by atoms with Gasteiger partial charge in [-0.3, -0.25) is 14.8 Å². The van der Waals surface area contributed by atoms with Crippen molar-refractivity contribution in [1.82, 2.24) is 24.8 Å². The second kappa shape index (κ2) is 11.2. The van der Waals surface area contributed by atoms with Crippen molar-refractivity contribution in [3.8, 4) is 5.75 Å². The van der Waals surface area contributed by atoms with E-state index in [0.29, 0.717) is 29.6 Å². The monoisotopic (exact) mass is 512 g/mol. The zero-order valence-electron chi connectivity index (χ0n) is 20.4. The summed E-state index contributed by atoms with van der Waals surface area (Å²) in [5.41, 5.74) is 3.56. The Morgan fingerprint density at radius 3 is 2.57 bits per heavy atom. The van der Waals surface area contributed by atoms with Crippen LogP contribution in [-0.2, 0) is 11.3 Å². The van der Waals surface area contributed by atoms with Crippen LogP contribution in [0.2, 0.25) is 0 Å². The summed E-state index contributed by atoms with van der Waals surface area (Å²) in [6, 6.07) is 23.0. The summed E-state index contributed by atoms with van der Waals surface area (Å²) >= 11 is 5.78. The number of carbonyl (C=O) groups excluding carboxylic acids is 1. The quantitative estimate of drug-likeness (QED) is 0.323. The Morgan fingerprint density at radius 2 is 1.81 bits per heavy atom. The summed E-state index contributed by atoms with van der Waals surface area (Å²) in [4.78, 5) is 24.1. The molecule has 1 fully saturated rings. The van der Waals surface area contributed by atoms with E-state index in [-0.39, 0.29) is 24.4 Å². The van der Waals surface area contributed by atoms with E-state index in [0.717, 1.165) is 17.1 Å². The lowest BCUT2D eigenvalue weighted by molar-refractivity contribution is -0.116. The first kappa shape index (κ1) is 24.5. The Balaban J connectivity index is 1.40. The first-order valence-electron chi connectivity index (χ1n) is 12.1. The molecule has 188 valence electrons. The van der Waals surface area contributed by atoms with E-state index in [1.165, 1.54) is 0 Å². The van der Waals surface area contributed by atoms with E-state index in [1.54, 1.807) is 19.5 Å². The van der Waals surface area contributed by atoms with Crippen LogP contribution < -0.4 is 15.4 Å². The molecule has 0 radical (unpaired) electrons. The molecule has 1 aromatic carbocycles. The molecule has 0 saturated carbocycles. The minimum Gasteiger partial charge on any atom is -0.495 e. The molecule has 0 unspecified atom stereocenters. The number of pyridine rings is 2. The van der Waals surface area contributed by atoms with Crippen LogP contribution in [0.25, 0.3) is 0 Å². The Hall–Kier alpha value is -4.24. The molecule has 0 spiro atoms. The topological polar surface area (TPSA) is 84.3 Å². The van der Waals surface area contributed by atoms with Crippen molar-refractivity contribution in [1.29, 1.82) is 0 Å². The molecule has 3 aromatic heterocycles. The number of hydrogen-bond acceptors (Lipinski definition) is 5. The summed E-state index contributed by atoms with van der Waals surface area (Å²) < 4.78 is 7.54. The standard InChI is InChI=1S/C28H28N6O2S/c1-36-24-13-3-2-10-21(24)31-25(35)14-18-34-27(26(32-28(34)37)22-11-5-7-16-30-22)23-12-8-17-33(23)19-20-9-4-6-15-29-20/h2-13,15-17,26-27H,14,18-19H2,1H3,(H,31,35)(H,32,37)/t26-,27+/m1/s1. The number of nitrogens with zero attached hydrogens (tertiary/aromatic N) is 4. The SMILES string of the molecule is COc1ccccc1NC(=O)CCN1C(=S)N[C@H](c2ccccn2)[C@@H]1c1cccn1Cc1ccccn1. The molecule has 9 heteroatoms. The molecule has 4 aromatic rings. The van der Waals surface area contributed by atoms with Crippen molar-refractivity contribution in [3.63, 3.8) is 0 Å². The summed E-state index contributed by atoms with van der Waals surface area (Å²) in [5.74, 6) is 0.505.